The van der Waals surface area contributed by atoms with E-state index in [9.17, 15) is 27.6 Å². The maximum atomic E-state index is 13.1. The molecule has 8 nitrogen and oxygen atoms in total. The van der Waals surface area contributed by atoms with Gasteiger partial charge in [-0.05, 0) is 19.9 Å². The maximum Gasteiger partial charge on any atom is 0.431 e. The highest BCUT2D eigenvalue weighted by atomic mass is 35.5. The van der Waals surface area contributed by atoms with Gasteiger partial charge in [-0.25, -0.2) is 14.2 Å². The van der Waals surface area contributed by atoms with Crippen LogP contribution in [0.3, 0.4) is 0 Å². The number of benzene rings is 1. The fraction of sp³-hybridized carbons (Fsp3) is 0.350. The van der Waals surface area contributed by atoms with E-state index >= 15 is 0 Å². The van der Waals surface area contributed by atoms with Crippen LogP contribution in [0.4, 0.5) is 13.2 Å². The van der Waals surface area contributed by atoms with Crippen LogP contribution >= 0.6 is 23.2 Å². The number of halogens is 5. The second-order valence-corrected chi connectivity index (χ2v) is 7.68. The third-order valence-corrected chi connectivity index (χ3v) is 4.71. The van der Waals surface area contributed by atoms with Crippen LogP contribution in [0.2, 0.25) is 10.0 Å². The predicted octanol–water partition coefficient (Wildman–Crippen LogP) is 3.72. The molecule has 2 rings (SSSR count). The molecule has 0 N–H and O–H groups in total. The zero-order valence-electron chi connectivity index (χ0n) is 17.8. The summed E-state index contributed by atoms with van der Waals surface area (Å²) >= 11 is 12.2. The Labute approximate surface area is 195 Å². The number of carbonyl (C=O) groups is 1. The van der Waals surface area contributed by atoms with E-state index in [1.54, 1.807) is 13.8 Å². The fourth-order valence-corrected chi connectivity index (χ4v) is 3.15. The normalized spacial score (nSPS) is 12.1. The minimum atomic E-state index is -4.91. The van der Waals surface area contributed by atoms with Crippen molar-refractivity contribution in [3.8, 4) is 11.4 Å². The molecule has 0 saturated heterocycles. The first-order chi connectivity index (χ1) is 15.3. The number of carbonyl (C=O) groups excluding carboxylic acids is 1. The summed E-state index contributed by atoms with van der Waals surface area (Å²) in [7, 11) is 2.16. The lowest BCUT2D eigenvalue weighted by Gasteiger charge is -2.16. The second kappa shape index (κ2) is 10.3. The number of ether oxygens (including phenoxy) is 3. The number of hydrogen-bond acceptors (Lipinski definition) is 6. The van der Waals surface area contributed by atoms with Crippen LogP contribution in [0.5, 0.6) is 5.75 Å². The van der Waals surface area contributed by atoms with Crippen LogP contribution in [-0.4, -0.2) is 34.9 Å². The van der Waals surface area contributed by atoms with Gasteiger partial charge in [-0.2, -0.15) is 13.2 Å². The number of alkyl halides is 3. The summed E-state index contributed by atoms with van der Waals surface area (Å²) in [6.07, 6.45) is -4.21. The molecule has 180 valence electrons. The molecule has 0 aliphatic rings. The van der Waals surface area contributed by atoms with E-state index in [-0.39, 0.29) is 50.6 Å². The smallest absolute Gasteiger partial charge is 0.431 e. The highest BCUT2D eigenvalue weighted by Gasteiger charge is 2.35. The second-order valence-electron chi connectivity index (χ2n) is 6.87. The molecule has 0 aliphatic carbocycles. The summed E-state index contributed by atoms with van der Waals surface area (Å²) in [4.78, 5) is 36.7. The van der Waals surface area contributed by atoms with Crippen LogP contribution in [0.15, 0.2) is 39.6 Å². The Morgan fingerprint density at radius 1 is 1.15 bits per heavy atom. The first kappa shape index (κ1) is 26.3. The molecule has 1 aromatic heterocycles. The Morgan fingerprint density at radius 2 is 1.79 bits per heavy atom. The molecule has 0 saturated carbocycles. The maximum absolute atomic E-state index is 13.1. The quantitative estimate of drug-likeness (QED) is 0.320. The van der Waals surface area contributed by atoms with Gasteiger partial charge < -0.3 is 14.2 Å². The molecule has 13 heteroatoms. The minimum Gasteiger partial charge on any atom is -0.497 e. The van der Waals surface area contributed by atoms with Crippen molar-refractivity contribution in [2.45, 2.75) is 26.1 Å². The van der Waals surface area contributed by atoms with Crippen molar-refractivity contribution in [2.24, 2.45) is 7.05 Å². The molecule has 0 spiro atoms. The van der Waals surface area contributed by atoms with Crippen molar-refractivity contribution in [2.75, 3.05) is 13.7 Å². The van der Waals surface area contributed by atoms with Crippen LogP contribution in [0, 0.1) is 0 Å². The molecule has 0 bridgehead atoms. The van der Waals surface area contributed by atoms with Gasteiger partial charge in [0.2, 0.25) is 0 Å². The van der Waals surface area contributed by atoms with Gasteiger partial charge in [0.25, 0.3) is 5.56 Å². The molecule has 0 atom stereocenters. The summed E-state index contributed by atoms with van der Waals surface area (Å²) in [6.45, 7) is 3.03. The Bertz CT molecular complexity index is 1200. The molecule has 0 radical (unpaired) electrons. The Hall–Kier alpha value is -2.92. The van der Waals surface area contributed by atoms with Crippen LogP contribution in [-0.2, 0) is 27.5 Å². The Kier molecular flexibility index (Phi) is 8.25. The van der Waals surface area contributed by atoms with E-state index in [1.807, 2.05) is 0 Å². The van der Waals surface area contributed by atoms with Gasteiger partial charge in [-0.1, -0.05) is 23.2 Å². The van der Waals surface area contributed by atoms with Crippen LogP contribution in [0.1, 0.15) is 19.5 Å². The fourth-order valence-electron chi connectivity index (χ4n) is 2.63. The number of esters is 1. The van der Waals surface area contributed by atoms with Gasteiger partial charge in [0.05, 0.1) is 35.0 Å². The number of methoxy groups -OCH3 is 1. The topological polar surface area (TPSA) is 88.8 Å². The van der Waals surface area contributed by atoms with Gasteiger partial charge in [0.15, 0.2) is 0 Å². The summed E-state index contributed by atoms with van der Waals surface area (Å²) < 4.78 is 55.5. The predicted molar refractivity (Wildman–Crippen MR) is 114 cm³/mol. The molecule has 0 fully saturated rings. The van der Waals surface area contributed by atoms with E-state index in [2.05, 4.69) is 0 Å². The van der Waals surface area contributed by atoms with Crippen molar-refractivity contribution in [3.05, 3.63) is 66.6 Å². The van der Waals surface area contributed by atoms with Crippen molar-refractivity contribution in [3.63, 3.8) is 0 Å². The average molecular weight is 511 g/mol. The van der Waals surface area contributed by atoms with Gasteiger partial charge in [0, 0.05) is 19.2 Å². The summed E-state index contributed by atoms with van der Waals surface area (Å²) in [5.74, 6) is -0.686. The summed E-state index contributed by atoms with van der Waals surface area (Å²) in [6, 6.07) is 2.54. The van der Waals surface area contributed by atoms with Crippen molar-refractivity contribution < 1.29 is 32.2 Å². The SMILES string of the molecule is COC(=CC(=O)OC(C)C)COc1cc(-n2c(=O)cc(C(F)(F)F)n(C)c2=O)c(Cl)cc1Cl. The van der Waals surface area contributed by atoms with Gasteiger partial charge in [-0.15, -0.1) is 0 Å². The monoisotopic (exact) mass is 510 g/mol. The van der Waals surface area contributed by atoms with Gasteiger partial charge >= 0.3 is 17.8 Å². The summed E-state index contributed by atoms with van der Waals surface area (Å²) in [5, 5.41) is -0.213. The van der Waals surface area contributed by atoms with E-state index in [4.69, 9.17) is 37.4 Å². The highest BCUT2D eigenvalue weighted by molar-refractivity contribution is 6.36. The number of hydrogen-bond donors (Lipinski definition) is 0. The van der Waals surface area contributed by atoms with Gasteiger partial charge in [0.1, 0.15) is 23.8 Å². The zero-order valence-corrected chi connectivity index (χ0v) is 19.3. The van der Waals surface area contributed by atoms with E-state index in [1.165, 1.54) is 7.11 Å². The lowest BCUT2D eigenvalue weighted by molar-refractivity contribution is -0.144. The molecule has 0 aliphatic heterocycles. The largest absolute Gasteiger partial charge is 0.497 e. The molecule has 2 aromatic rings. The third kappa shape index (κ3) is 6.32. The van der Waals surface area contributed by atoms with Crippen molar-refractivity contribution >= 4 is 29.2 Å². The van der Waals surface area contributed by atoms with Crippen molar-refractivity contribution in [1.82, 2.24) is 9.13 Å². The summed E-state index contributed by atoms with van der Waals surface area (Å²) in [5.41, 5.74) is -4.20. The highest BCUT2D eigenvalue weighted by Crippen LogP contribution is 2.33. The molecule has 0 amide bonds. The van der Waals surface area contributed by atoms with E-state index < -0.39 is 29.1 Å². The number of rotatable bonds is 7. The van der Waals surface area contributed by atoms with E-state index in [0.29, 0.717) is 4.57 Å². The molecule has 33 heavy (non-hydrogen) atoms. The zero-order chi connectivity index (χ0) is 25.1. The Morgan fingerprint density at radius 3 is 2.33 bits per heavy atom. The lowest BCUT2D eigenvalue weighted by atomic mass is 10.2. The van der Waals surface area contributed by atoms with Crippen molar-refractivity contribution in [1.29, 1.82) is 0 Å². The lowest BCUT2D eigenvalue weighted by Crippen LogP contribution is -2.40. The third-order valence-electron chi connectivity index (χ3n) is 4.12. The first-order valence-electron chi connectivity index (χ1n) is 9.24. The Balaban J connectivity index is 2.48. The van der Waals surface area contributed by atoms with Gasteiger partial charge in [-0.3, -0.25) is 9.36 Å². The number of aromatic nitrogens is 2. The number of nitrogens with zero attached hydrogens (tertiary/aromatic N) is 2. The minimum absolute atomic E-state index is 0.0271. The molecular formula is C20H19Cl2F3N2O6. The molecule has 1 aromatic carbocycles. The average Bonchev–Trinajstić information content (AvgIpc) is 2.68. The van der Waals surface area contributed by atoms with E-state index in [0.717, 1.165) is 25.3 Å². The molecule has 1 heterocycles. The molecule has 0 unspecified atom stereocenters. The van der Waals surface area contributed by atoms with Crippen LogP contribution in [0.25, 0.3) is 5.69 Å². The molecular weight excluding hydrogens is 492 g/mol. The standard InChI is InChI=1S/C20H19Cl2F3N2O6/c1-10(2)33-18(29)5-11(31-4)9-32-15-7-14(12(21)6-13(15)22)27-17(28)8-16(20(23,24)25)26(3)19(27)30/h5-8,10H,9H2,1-4H3. The van der Waals surface area contributed by atoms with Crippen LogP contribution < -0.4 is 16.0 Å². The first-order valence-corrected chi connectivity index (χ1v) is 9.99.